The lowest BCUT2D eigenvalue weighted by molar-refractivity contribution is 0.302. The minimum Gasteiger partial charge on any atom is -0.456 e. The van der Waals surface area contributed by atoms with Gasteiger partial charge in [0.05, 0.1) is 0 Å². The van der Waals surface area contributed by atoms with Crippen LogP contribution in [0, 0.1) is 6.92 Å². The molecule has 3 nitrogen and oxygen atoms in total. The van der Waals surface area contributed by atoms with Gasteiger partial charge >= 0.3 is 0 Å². The summed E-state index contributed by atoms with van der Waals surface area (Å²) in [6.45, 7) is 1.99. The molecule has 0 amide bonds. The van der Waals surface area contributed by atoms with Crippen molar-refractivity contribution in [3.8, 4) is 11.3 Å². The SMILES string of the molecule is Cc1ccc2oc(-c3ccccc3)cc(=NO)c2c1. The first-order chi connectivity index (χ1) is 9.28. The van der Waals surface area contributed by atoms with Gasteiger partial charge in [-0.1, -0.05) is 47.1 Å². The molecule has 0 bridgehead atoms. The highest BCUT2D eigenvalue weighted by Crippen LogP contribution is 2.22. The highest BCUT2D eigenvalue weighted by Gasteiger charge is 2.05. The van der Waals surface area contributed by atoms with Crippen LogP contribution in [0.25, 0.3) is 22.3 Å². The van der Waals surface area contributed by atoms with Crippen molar-refractivity contribution >= 4 is 11.0 Å². The maximum atomic E-state index is 9.18. The van der Waals surface area contributed by atoms with Gasteiger partial charge in [-0.3, -0.25) is 0 Å². The summed E-state index contributed by atoms with van der Waals surface area (Å²) in [5.41, 5.74) is 2.76. The fourth-order valence-electron chi connectivity index (χ4n) is 2.11. The molecule has 0 saturated heterocycles. The maximum absolute atomic E-state index is 9.18. The van der Waals surface area contributed by atoms with E-state index in [1.54, 1.807) is 6.07 Å². The maximum Gasteiger partial charge on any atom is 0.137 e. The van der Waals surface area contributed by atoms with E-state index in [9.17, 15) is 5.21 Å². The molecule has 94 valence electrons. The summed E-state index contributed by atoms with van der Waals surface area (Å²) in [6.07, 6.45) is 0. The Labute approximate surface area is 110 Å². The standard InChI is InChI=1S/C16H13NO2/c1-11-7-8-15-13(9-11)14(17-18)10-16(19-15)12-5-3-2-4-6-12/h2-10,18H,1H3. The normalized spacial score (nSPS) is 11.9. The highest BCUT2D eigenvalue weighted by atomic mass is 16.4. The van der Waals surface area contributed by atoms with E-state index in [0.29, 0.717) is 16.7 Å². The molecule has 0 aliphatic heterocycles. The van der Waals surface area contributed by atoms with Gasteiger partial charge in [0, 0.05) is 17.0 Å². The van der Waals surface area contributed by atoms with Crippen molar-refractivity contribution in [1.82, 2.24) is 0 Å². The molecule has 1 heterocycles. The number of rotatable bonds is 1. The third-order valence-electron chi connectivity index (χ3n) is 3.06. The topological polar surface area (TPSA) is 45.7 Å². The Balaban J connectivity index is 2.33. The van der Waals surface area contributed by atoms with Crippen molar-refractivity contribution in [2.24, 2.45) is 5.16 Å². The minimum atomic E-state index is 0.517. The summed E-state index contributed by atoms with van der Waals surface area (Å²) >= 11 is 0. The molecule has 0 radical (unpaired) electrons. The minimum absolute atomic E-state index is 0.517. The molecular weight excluding hydrogens is 238 g/mol. The molecule has 0 aliphatic carbocycles. The second-order valence-corrected chi connectivity index (χ2v) is 4.46. The fraction of sp³-hybridized carbons (Fsp3) is 0.0625. The summed E-state index contributed by atoms with van der Waals surface area (Å²) in [5.74, 6) is 0.685. The Hall–Kier alpha value is -2.55. The predicted molar refractivity (Wildman–Crippen MR) is 73.7 cm³/mol. The van der Waals surface area contributed by atoms with Crippen molar-refractivity contribution in [3.05, 3.63) is 65.5 Å². The Kier molecular flexibility index (Phi) is 2.80. The van der Waals surface area contributed by atoms with Crippen LogP contribution in [0.1, 0.15) is 5.56 Å². The lowest BCUT2D eigenvalue weighted by Gasteiger charge is -2.04. The van der Waals surface area contributed by atoms with Gasteiger partial charge in [0.2, 0.25) is 0 Å². The Bertz CT molecular complexity index is 789. The summed E-state index contributed by atoms with van der Waals surface area (Å²) in [5, 5.41) is 13.9. The van der Waals surface area contributed by atoms with Crippen LogP contribution in [-0.2, 0) is 0 Å². The quantitative estimate of drug-likeness (QED) is 0.529. The molecule has 3 heteroatoms. The van der Waals surface area contributed by atoms with Gasteiger partial charge in [0.15, 0.2) is 0 Å². The van der Waals surface area contributed by atoms with Gasteiger partial charge < -0.3 is 9.62 Å². The molecule has 0 aliphatic rings. The molecule has 0 spiro atoms. The predicted octanol–water partition coefficient (Wildman–Crippen LogP) is 3.70. The zero-order valence-electron chi connectivity index (χ0n) is 10.5. The lowest BCUT2D eigenvalue weighted by Crippen LogP contribution is -2.03. The summed E-state index contributed by atoms with van der Waals surface area (Å²) < 4.78 is 5.87. The van der Waals surface area contributed by atoms with E-state index < -0.39 is 0 Å². The Morgan fingerprint density at radius 1 is 1.00 bits per heavy atom. The van der Waals surface area contributed by atoms with Crippen molar-refractivity contribution in [3.63, 3.8) is 0 Å². The van der Waals surface area contributed by atoms with E-state index in [0.717, 1.165) is 16.5 Å². The van der Waals surface area contributed by atoms with Crippen LogP contribution < -0.4 is 5.36 Å². The van der Waals surface area contributed by atoms with Crippen LogP contribution in [0.5, 0.6) is 0 Å². The molecule has 0 saturated carbocycles. The van der Waals surface area contributed by atoms with Crippen LogP contribution in [-0.4, -0.2) is 5.21 Å². The monoisotopic (exact) mass is 251 g/mol. The third kappa shape index (κ3) is 2.10. The molecule has 0 fully saturated rings. The molecule has 19 heavy (non-hydrogen) atoms. The van der Waals surface area contributed by atoms with Crippen LogP contribution in [0.3, 0.4) is 0 Å². The zero-order chi connectivity index (χ0) is 13.2. The van der Waals surface area contributed by atoms with Gasteiger partial charge in [-0.2, -0.15) is 0 Å². The first-order valence-corrected chi connectivity index (χ1v) is 6.06. The second-order valence-electron chi connectivity index (χ2n) is 4.46. The molecule has 0 unspecified atom stereocenters. The number of nitrogens with zero attached hydrogens (tertiary/aromatic N) is 1. The van der Waals surface area contributed by atoms with E-state index in [1.807, 2.05) is 55.5 Å². The molecule has 0 atom stereocenters. The van der Waals surface area contributed by atoms with Gasteiger partial charge in [0.1, 0.15) is 16.7 Å². The largest absolute Gasteiger partial charge is 0.456 e. The Morgan fingerprint density at radius 2 is 1.79 bits per heavy atom. The van der Waals surface area contributed by atoms with Crippen LogP contribution in [0.2, 0.25) is 0 Å². The van der Waals surface area contributed by atoms with E-state index in [-0.39, 0.29) is 0 Å². The summed E-state index contributed by atoms with van der Waals surface area (Å²) in [4.78, 5) is 0. The van der Waals surface area contributed by atoms with Crippen molar-refractivity contribution in [1.29, 1.82) is 0 Å². The Morgan fingerprint density at radius 3 is 2.53 bits per heavy atom. The van der Waals surface area contributed by atoms with Crippen LogP contribution in [0.4, 0.5) is 0 Å². The van der Waals surface area contributed by atoms with Gasteiger partial charge in [-0.05, 0) is 19.1 Å². The first kappa shape index (κ1) is 11.5. The number of benzene rings is 2. The first-order valence-electron chi connectivity index (χ1n) is 6.06. The number of hydrogen-bond donors (Lipinski definition) is 1. The molecule has 3 rings (SSSR count). The number of aryl methyl sites for hydroxylation is 1. The molecule has 2 aromatic carbocycles. The van der Waals surface area contributed by atoms with Gasteiger partial charge in [-0.15, -0.1) is 0 Å². The average Bonchev–Trinajstić information content (AvgIpc) is 2.47. The highest BCUT2D eigenvalue weighted by molar-refractivity contribution is 5.79. The number of fused-ring (bicyclic) bond motifs is 1. The molecule has 1 N–H and O–H groups in total. The molecule has 3 aromatic rings. The molecular formula is C16H13NO2. The lowest BCUT2D eigenvalue weighted by atomic mass is 10.1. The zero-order valence-corrected chi connectivity index (χ0v) is 10.5. The summed E-state index contributed by atoms with van der Waals surface area (Å²) in [7, 11) is 0. The van der Waals surface area contributed by atoms with E-state index >= 15 is 0 Å². The average molecular weight is 251 g/mol. The van der Waals surface area contributed by atoms with Crippen molar-refractivity contribution in [2.75, 3.05) is 0 Å². The fourth-order valence-corrected chi connectivity index (χ4v) is 2.11. The third-order valence-corrected chi connectivity index (χ3v) is 3.06. The second kappa shape index (κ2) is 4.61. The van der Waals surface area contributed by atoms with Crippen LogP contribution >= 0.6 is 0 Å². The van der Waals surface area contributed by atoms with Crippen molar-refractivity contribution < 1.29 is 9.62 Å². The summed E-state index contributed by atoms with van der Waals surface area (Å²) in [6, 6.07) is 17.3. The van der Waals surface area contributed by atoms with Crippen molar-refractivity contribution in [2.45, 2.75) is 6.92 Å². The van der Waals surface area contributed by atoms with Crippen LogP contribution in [0.15, 0.2) is 64.2 Å². The molecule has 1 aromatic heterocycles. The van der Waals surface area contributed by atoms with E-state index in [1.165, 1.54) is 0 Å². The van der Waals surface area contributed by atoms with E-state index in [4.69, 9.17) is 4.42 Å². The van der Waals surface area contributed by atoms with Gasteiger partial charge in [0.25, 0.3) is 0 Å². The smallest absolute Gasteiger partial charge is 0.137 e. The van der Waals surface area contributed by atoms with E-state index in [2.05, 4.69) is 5.16 Å². The van der Waals surface area contributed by atoms with Gasteiger partial charge in [-0.25, -0.2) is 0 Å². The number of hydrogen-bond acceptors (Lipinski definition) is 3.